The number of methoxy groups -OCH3 is 1. The van der Waals surface area contributed by atoms with E-state index in [9.17, 15) is 9.59 Å². The first-order valence-corrected chi connectivity index (χ1v) is 8.58. The summed E-state index contributed by atoms with van der Waals surface area (Å²) in [6.07, 6.45) is 5.56. The topological polar surface area (TPSA) is 57.5 Å². The normalized spacial score (nSPS) is 11.1. The molecule has 0 aliphatic carbocycles. The first-order chi connectivity index (χ1) is 13.0. The van der Waals surface area contributed by atoms with Gasteiger partial charge in [0, 0.05) is 37.5 Å². The number of ether oxygens (including phenoxy) is 2. The number of aromatic nitrogens is 1. The molecule has 0 fully saturated rings. The SMILES string of the molecule is COc1ccc(/C=C/C(=O)Cc2cccc3c2ccn3C)cc1OC(C)=O. The number of allylic oxidation sites excluding steroid dienone is 1. The summed E-state index contributed by atoms with van der Waals surface area (Å²) >= 11 is 0. The molecule has 138 valence electrons. The summed E-state index contributed by atoms with van der Waals surface area (Å²) in [4.78, 5) is 23.6. The lowest BCUT2D eigenvalue weighted by atomic mass is 10.0. The van der Waals surface area contributed by atoms with Gasteiger partial charge in [0.1, 0.15) is 0 Å². The minimum Gasteiger partial charge on any atom is -0.493 e. The Kier molecular flexibility index (Phi) is 5.41. The predicted molar refractivity (Wildman–Crippen MR) is 105 cm³/mol. The average molecular weight is 363 g/mol. The van der Waals surface area contributed by atoms with Gasteiger partial charge in [-0.1, -0.05) is 24.3 Å². The van der Waals surface area contributed by atoms with Crippen molar-refractivity contribution in [3.63, 3.8) is 0 Å². The molecular weight excluding hydrogens is 342 g/mol. The van der Waals surface area contributed by atoms with Crippen LogP contribution in [-0.2, 0) is 23.1 Å². The molecule has 3 rings (SSSR count). The molecule has 0 spiro atoms. The Hall–Kier alpha value is -3.34. The maximum absolute atomic E-state index is 12.4. The van der Waals surface area contributed by atoms with Crippen LogP contribution in [0.2, 0.25) is 0 Å². The third-order valence-corrected chi connectivity index (χ3v) is 4.29. The summed E-state index contributed by atoms with van der Waals surface area (Å²) in [6.45, 7) is 1.33. The van der Waals surface area contributed by atoms with Crippen molar-refractivity contribution < 1.29 is 19.1 Å². The molecule has 0 aliphatic rings. The van der Waals surface area contributed by atoms with E-state index in [0.717, 1.165) is 22.0 Å². The third-order valence-electron chi connectivity index (χ3n) is 4.29. The van der Waals surface area contributed by atoms with Crippen molar-refractivity contribution in [2.24, 2.45) is 7.05 Å². The van der Waals surface area contributed by atoms with E-state index in [-0.39, 0.29) is 5.78 Å². The van der Waals surface area contributed by atoms with Gasteiger partial charge in [0.05, 0.1) is 7.11 Å². The number of benzene rings is 2. The van der Waals surface area contributed by atoms with E-state index < -0.39 is 5.97 Å². The lowest BCUT2D eigenvalue weighted by Gasteiger charge is -2.08. The average Bonchev–Trinajstić information content (AvgIpc) is 3.02. The van der Waals surface area contributed by atoms with Gasteiger partial charge in [0.15, 0.2) is 17.3 Å². The van der Waals surface area contributed by atoms with Gasteiger partial charge in [-0.15, -0.1) is 0 Å². The molecule has 0 saturated heterocycles. The summed E-state index contributed by atoms with van der Waals surface area (Å²) in [7, 11) is 3.49. The van der Waals surface area contributed by atoms with Gasteiger partial charge in [-0.3, -0.25) is 9.59 Å². The van der Waals surface area contributed by atoms with Crippen LogP contribution in [0.3, 0.4) is 0 Å². The molecule has 0 amide bonds. The van der Waals surface area contributed by atoms with Crippen LogP contribution < -0.4 is 9.47 Å². The minimum absolute atomic E-state index is 0.00351. The number of hydrogen-bond acceptors (Lipinski definition) is 4. The molecule has 1 heterocycles. The zero-order chi connectivity index (χ0) is 19.4. The third kappa shape index (κ3) is 4.26. The highest BCUT2D eigenvalue weighted by molar-refractivity contribution is 5.98. The number of rotatable bonds is 6. The first kappa shape index (κ1) is 18.5. The lowest BCUT2D eigenvalue weighted by Crippen LogP contribution is -2.03. The molecule has 5 nitrogen and oxygen atoms in total. The van der Waals surface area contributed by atoms with Gasteiger partial charge < -0.3 is 14.0 Å². The Balaban J connectivity index is 1.77. The lowest BCUT2D eigenvalue weighted by molar-refractivity contribution is -0.132. The maximum Gasteiger partial charge on any atom is 0.308 e. The molecule has 0 radical (unpaired) electrons. The standard InChI is InChI=1S/C22H21NO4/c1-15(24)27-22-13-16(8-10-21(22)26-3)7-9-18(25)14-17-5-4-6-20-19(17)11-12-23(20)2/h4-13H,14H2,1-3H3/b9-7+. The Labute approximate surface area is 157 Å². The van der Waals surface area contributed by atoms with Gasteiger partial charge in [-0.05, 0) is 41.5 Å². The van der Waals surface area contributed by atoms with Crippen LogP contribution in [0.25, 0.3) is 17.0 Å². The van der Waals surface area contributed by atoms with Crippen LogP contribution in [0.4, 0.5) is 0 Å². The highest BCUT2D eigenvalue weighted by Gasteiger charge is 2.09. The highest BCUT2D eigenvalue weighted by Crippen LogP contribution is 2.28. The van der Waals surface area contributed by atoms with E-state index in [1.54, 1.807) is 30.4 Å². The Morgan fingerprint density at radius 3 is 2.67 bits per heavy atom. The van der Waals surface area contributed by atoms with Gasteiger partial charge in [-0.2, -0.15) is 0 Å². The fraction of sp³-hybridized carbons (Fsp3) is 0.182. The molecule has 27 heavy (non-hydrogen) atoms. The van der Waals surface area contributed by atoms with Crippen molar-refractivity contribution >= 4 is 28.7 Å². The van der Waals surface area contributed by atoms with Crippen molar-refractivity contribution in [3.05, 3.63) is 65.9 Å². The number of carbonyl (C=O) groups excluding carboxylic acids is 2. The monoisotopic (exact) mass is 363 g/mol. The molecule has 3 aromatic rings. The summed E-state index contributed by atoms with van der Waals surface area (Å²) < 4.78 is 12.4. The molecule has 0 atom stereocenters. The second kappa shape index (κ2) is 7.91. The van der Waals surface area contributed by atoms with Gasteiger partial charge in [0.25, 0.3) is 0 Å². The number of carbonyl (C=O) groups is 2. The van der Waals surface area contributed by atoms with Crippen LogP contribution in [0.1, 0.15) is 18.1 Å². The number of ketones is 1. The largest absolute Gasteiger partial charge is 0.493 e. The van der Waals surface area contributed by atoms with E-state index in [1.807, 2.05) is 42.1 Å². The summed E-state index contributed by atoms with van der Waals surface area (Å²) in [5, 5.41) is 1.09. The van der Waals surface area contributed by atoms with Crippen LogP contribution in [0, 0.1) is 0 Å². The van der Waals surface area contributed by atoms with Crippen molar-refractivity contribution in [1.82, 2.24) is 4.57 Å². The zero-order valence-corrected chi connectivity index (χ0v) is 15.6. The van der Waals surface area contributed by atoms with Crippen molar-refractivity contribution in [2.45, 2.75) is 13.3 Å². The number of esters is 1. The van der Waals surface area contributed by atoms with Crippen LogP contribution in [0.15, 0.2) is 54.7 Å². The summed E-state index contributed by atoms with van der Waals surface area (Å²) in [5.41, 5.74) is 2.85. The summed E-state index contributed by atoms with van der Waals surface area (Å²) in [5.74, 6) is 0.357. The van der Waals surface area contributed by atoms with Crippen molar-refractivity contribution in [3.8, 4) is 11.5 Å². The molecular formula is C22H21NO4. The highest BCUT2D eigenvalue weighted by atomic mass is 16.6. The molecule has 0 bridgehead atoms. The van der Waals surface area contributed by atoms with Crippen LogP contribution in [0.5, 0.6) is 11.5 Å². The Morgan fingerprint density at radius 1 is 1.11 bits per heavy atom. The van der Waals surface area contributed by atoms with E-state index in [4.69, 9.17) is 9.47 Å². The number of nitrogens with zero attached hydrogens (tertiary/aromatic N) is 1. The molecule has 1 aromatic heterocycles. The van der Waals surface area contributed by atoms with E-state index >= 15 is 0 Å². The van der Waals surface area contributed by atoms with Crippen molar-refractivity contribution in [1.29, 1.82) is 0 Å². The van der Waals surface area contributed by atoms with Crippen LogP contribution in [-0.4, -0.2) is 23.4 Å². The smallest absolute Gasteiger partial charge is 0.308 e. The fourth-order valence-electron chi connectivity index (χ4n) is 2.99. The first-order valence-electron chi connectivity index (χ1n) is 8.58. The molecule has 5 heteroatoms. The number of aryl methyl sites for hydroxylation is 1. The summed E-state index contributed by atoms with van der Waals surface area (Å²) in [6, 6.07) is 13.2. The van der Waals surface area contributed by atoms with Gasteiger partial charge in [0.2, 0.25) is 0 Å². The van der Waals surface area contributed by atoms with E-state index in [2.05, 4.69) is 0 Å². The second-order valence-electron chi connectivity index (χ2n) is 6.26. The minimum atomic E-state index is -0.429. The second-order valence-corrected chi connectivity index (χ2v) is 6.26. The number of fused-ring (bicyclic) bond motifs is 1. The molecule has 2 aromatic carbocycles. The maximum atomic E-state index is 12.4. The molecule has 0 aliphatic heterocycles. The van der Waals surface area contributed by atoms with Gasteiger partial charge >= 0.3 is 5.97 Å². The van der Waals surface area contributed by atoms with E-state index in [1.165, 1.54) is 14.0 Å². The van der Waals surface area contributed by atoms with E-state index in [0.29, 0.717) is 17.9 Å². The molecule has 0 unspecified atom stereocenters. The fourth-order valence-corrected chi connectivity index (χ4v) is 2.99. The number of hydrogen-bond donors (Lipinski definition) is 0. The molecule has 0 N–H and O–H groups in total. The molecule has 0 saturated carbocycles. The predicted octanol–water partition coefficient (Wildman–Crippen LogP) is 3.94. The zero-order valence-electron chi connectivity index (χ0n) is 15.6. The Morgan fingerprint density at radius 2 is 1.93 bits per heavy atom. The van der Waals surface area contributed by atoms with Crippen molar-refractivity contribution in [2.75, 3.05) is 7.11 Å². The van der Waals surface area contributed by atoms with Crippen LogP contribution >= 0.6 is 0 Å². The Bertz CT molecular complexity index is 1030. The van der Waals surface area contributed by atoms with Gasteiger partial charge in [-0.25, -0.2) is 0 Å². The quantitative estimate of drug-likeness (QED) is 0.378.